The zero-order valence-corrected chi connectivity index (χ0v) is 26.1. The maximum absolute atomic E-state index is 15.2. The van der Waals surface area contributed by atoms with E-state index in [2.05, 4.69) is 16.5 Å². The number of piperazine rings is 1. The zero-order chi connectivity index (χ0) is 31.5. The zero-order valence-electron chi connectivity index (χ0n) is 23.8. The van der Waals surface area contributed by atoms with Gasteiger partial charge in [0.2, 0.25) is 15.7 Å². The van der Waals surface area contributed by atoms with Gasteiger partial charge in [0.15, 0.2) is 10.7 Å². The van der Waals surface area contributed by atoms with Crippen molar-refractivity contribution in [3.63, 3.8) is 0 Å². The molecule has 0 radical (unpaired) electrons. The van der Waals surface area contributed by atoms with Crippen molar-refractivity contribution >= 4 is 55.8 Å². The van der Waals surface area contributed by atoms with Crippen LogP contribution >= 0.6 is 23.2 Å². The summed E-state index contributed by atoms with van der Waals surface area (Å²) in [5.74, 6) is -0.647. The van der Waals surface area contributed by atoms with Gasteiger partial charge in [-0.05, 0) is 62.6 Å². The number of carbonyl (C=O) groups is 1. The predicted octanol–water partition coefficient (Wildman–Crippen LogP) is 4.76. The highest BCUT2D eigenvalue weighted by Gasteiger charge is 2.40. The monoisotopic (exact) mass is 656 g/mol. The Kier molecular flexibility index (Phi) is 7.71. The fourth-order valence-corrected chi connectivity index (χ4v) is 7.87. The van der Waals surface area contributed by atoms with E-state index in [1.165, 1.54) is 36.5 Å². The minimum Gasteiger partial charge on any atom is -0.350 e. The fourth-order valence-electron chi connectivity index (χ4n) is 5.57. The van der Waals surface area contributed by atoms with Crippen LogP contribution in [0.1, 0.15) is 25.3 Å². The first-order valence-electron chi connectivity index (χ1n) is 13.9. The highest BCUT2D eigenvalue weighted by Crippen LogP contribution is 2.40. The molecule has 0 unspecified atom stereocenters. The van der Waals surface area contributed by atoms with Crippen LogP contribution in [-0.2, 0) is 14.6 Å². The van der Waals surface area contributed by atoms with Crippen molar-refractivity contribution in [1.82, 2.24) is 24.4 Å². The lowest BCUT2D eigenvalue weighted by molar-refractivity contribution is -0.126. The van der Waals surface area contributed by atoms with Crippen LogP contribution in [-0.4, -0.2) is 69.7 Å². The molecule has 1 aliphatic carbocycles. The number of anilines is 1. The summed E-state index contributed by atoms with van der Waals surface area (Å²) in [5.41, 5.74) is -0.452. The minimum atomic E-state index is -3.88. The van der Waals surface area contributed by atoms with E-state index >= 15 is 4.39 Å². The Morgan fingerprint density at radius 1 is 1.14 bits per heavy atom. The molecule has 1 amide bonds. The molecule has 44 heavy (non-hydrogen) atoms. The number of pyridine rings is 2. The van der Waals surface area contributed by atoms with E-state index in [0.29, 0.717) is 43.4 Å². The first-order valence-corrected chi connectivity index (χ1v) is 16.2. The number of benzene rings is 1. The number of carbonyl (C=O) groups excluding carboxylic acids is 1. The Morgan fingerprint density at radius 3 is 2.55 bits per heavy atom. The highest BCUT2D eigenvalue weighted by atomic mass is 35.5. The van der Waals surface area contributed by atoms with Gasteiger partial charge >= 0.3 is 5.69 Å². The number of sulfone groups is 1. The molecule has 1 aliphatic heterocycles. The molecule has 0 N–H and O–H groups in total. The Balaban J connectivity index is 1.66. The fraction of sp³-hybridized carbons (Fsp3) is 0.300. The van der Waals surface area contributed by atoms with Gasteiger partial charge in [-0.2, -0.15) is 4.98 Å². The van der Waals surface area contributed by atoms with Gasteiger partial charge in [0.05, 0.1) is 37.6 Å². The first kappa shape index (κ1) is 30.2. The molecule has 14 heteroatoms. The summed E-state index contributed by atoms with van der Waals surface area (Å²) in [6, 6.07) is 6.99. The second kappa shape index (κ2) is 11.2. The molecule has 3 aromatic heterocycles. The maximum atomic E-state index is 15.2. The molecule has 1 aromatic carbocycles. The molecule has 1 saturated carbocycles. The van der Waals surface area contributed by atoms with Gasteiger partial charge in [-0.15, -0.1) is 0 Å². The van der Waals surface area contributed by atoms with Crippen molar-refractivity contribution < 1.29 is 17.6 Å². The van der Waals surface area contributed by atoms with Crippen molar-refractivity contribution in [3.05, 3.63) is 81.1 Å². The standard InChI is InChI=1S/C30H27Cl2FN6O4S/c1-4-23(40)37-12-13-38(17(3)15-37)27-19-14-21(32)25(24-20(31)6-5-7-22(24)33)35-28(19)39(30(41)36-27)26-16(2)10-11-34-29(26)44(42,43)18-8-9-18/h4-7,10-11,14,17-18H,1,8-9,12-13,15H2,2-3H3/t17-/m0/s1. The number of amides is 1. The van der Waals surface area contributed by atoms with Crippen molar-refractivity contribution in [1.29, 1.82) is 0 Å². The summed E-state index contributed by atoms with van der Waals surface area (Å²) >= 11 is 13.1. The molecular formula is C30H27Cl2FN6O4S. The number of halogens is 3. The molecule has 1 atom stereocenters. The van der Waals surface area contributed by atoms with E-state index < -0.39 is 26.6 Å². The van der Waals surface area contributed by atoms with Crippen LogP contribution < -0.4 is 10.6 Å². The average Bonchev–Trinajstić information content (AvgIpc) is 3.84. The summed E-state index contributed by atoms with van der Waals surface area (Å²) in [4.78, 5) is 43.2. The number of fused-ring (bicyclic) bond motifs is 1. The molecule has 6 rings (SSSR count). The van der Waals surface area contributed by atoms with Gasteiger partial charge in [-0.25, -0.2) is 32.1 Å². The van der Waals surface area contributed by atoms with Crippen LogP contribution in [0, 0.1) is 12.7 Å². The van der Waals surface area contributed by atoms with E-state index in [9.17, 15) is 18.0 Å². The average molecular weight is 658 g/mol. The summed E-state index contributed by atoms with van der Waals surface area (Å²) in [6.07, 6.45) is 3.61. The van der Waals surface area contributed by atoms with E-state index in [1.54, 1.807) is 17.9 Å². The maximum Gasteiger partial charge on any atom is 0.355 e. The number of rotatable bonds is 6. The first-order chi connectivity index (χ1) is 20.9. The molecule has 0 spiro atoms. The number of aromatic nitrogens is 4. The van der Waals surface area contributed by atoms with Crippen molar-refractivity contribution in [2.24, 2.45) is 0 Å². The molecular weight excluding hydrogens is 630 g/mol. The molecule has 2 aliphatic rings. The molecule has 4 aromatic rings. The third-order valence-electron chi connectivity index (χ3n) is 7.94. The second-order valence-corrected chi connectivity index (χ2v) is 13.9. The highest BCUT2D eigenvalue weighted by molar-refractivity contribution is 7.92. The molecule has 10 nitrogen and oxygen atoms in total. The Hall–Kier alpha value is -3.87. The van der Waals surface area contributed by atoms with Gasteiger partial charge in [0.25, 0.3) is 0 Å². The van der Waals surface area contributed by atoms with E-state index in [-0.39, 0.29) is 55.4 Å². The van der Waals surface area contributed by atoms with Gasteiger partial charge in [-0.1, -0.05) is 35.8 Å². The smallest absolute Gasteiger partial charge is 0.350 e. The van der Waals surface area contributed by atoms with Gasteiger partial charge in [0.1, 0.15) is 11.6 Å². The van der Waals surface area contributed by atoms with Crippen LogP contribution in [0.4, 0.5) is 10.2 Å². The summed E-state index contributed by atoms with van der Waals surface area (Å²) in [6.45, 7) is 8.13. The Morgan fingerprint density at radius 2 is 1.89 bits per heavy atom. The van der Waals surface area contributed by atoms with Crippen LogP contribution in [0.5, 0.6) is 0 Å². The largest absolute Gasteiger partial charge is 0.355 e. The van der Waals surface area contributed by atoms with E-state index in [4.69, 9.17) is 28.2 Å². The van der Waals surface area contributed by atoms with Crippen molar-refractivity contribution in [2.75, 3.05) is 24.5 Å². The lowest BCUT2D eigenvalue weighted by Gasteiger charge is -2.40. The number of hydrogen-bond donors (Lipinski definition) is 0. The molecule has 4 heterocycles. The normalized spacial score (nSPS) is 17.2. The van der Waals surface area contributed by atoms with Crippen LogP contribution in [0.25, 0.3) is 28.0 Å². The minimum absolute atomic E-state index is 0.00105. The lowest BCUT2D eigenvalue weighted by Crippen LogP contribution is -2.54. The van der Waals surface area contributed by atoms with Crippen LogP contribution in [0.15, 0.2) is 59.0 Å². The number of hydrogen-bond acceptors (Lipinski definition) is 8. The van der Waals surface area contributed by atoms with E-state index in [0.717, 1.165) is 4.57 Å². The van der Waals surface area contributed by atoms with Gasteiger partial charge < -0.3 is 9.80 Å². The van der Waals surface area contributed by atoms with Gasteiger partial charge in [-0.3, -0.25) is 4.79 Å². The molecule has 1 saturated heterocycles. The third kappa shape index (κ3) is 5.04. The molecule has 0 bridgehead atoms. The van der Waals surface area contributed by atoms with Crippen molar-refractivity contribution in [3.8, 4) is 16.9 Å². The molecule has 2 fully saturated rings. The van der Waals surface area contributed by atoms with E-state index in [1.807, 2.05) is 11.8 Å². The van der Waals surface area contributed by atoms with Crippen molar-refractivity contribution in [2.45, 2.75) is 43.0 Å². The number of aryl methyl sites for hydroxylation is 1. The quantitative estimate of drug-likeness (QED) is 0.273. The third-order valence-corrected chi connectivity index (χ3v) is 10.7. The number of nitrogens with zero attached hydrogens (tertiary/aromatic N) is 6. The predicted molar refractivity (Wildman–Crippen MR) is 167 cm³/mol. The van der Waals surface area contributed by atoms with Gasteiger partial charge in [0, 0.05) is 31.9 Å². The molecule has 228 valence electrons. The SMILES string of the molecule is C=CC(=O)N1CCN(c2nc(=O)n(-c3c(C)ccnc3S(=O)(=O)C3CC3)c3nc(-c4c(F)cccc4Cl)c(Cl)cc23)[C@@H](C)C1. The summed E-state index contributed by atoms with van der Waals surface area (Å²) in [7, 11) is -3.88. The van der Waals surface area contributed by atoms with Crippen LogP contribution in [0.2, 0.25) is 10.0 Å². The second-order valence-electron chi connectivity index (χ2n) is 10.9. The topological polar surface area (TPSA) is 118 Å². The Labute approximate surface area is 262 Å². The Bertz CT molecular complexity index is 2010. The lowest BCUT2D eigenvalue weighted by atomic mass is 10.1. The van der Waals surface area contributed by atoms with Crippen LogP contribution in [0.3, 0.4) is 0 Å². The summed E-state index contributed by atoms with van der Waals surface area (Å²) in [5, 5.41) is -0.452. The summed E-state index contributed by atoms with van der Waals surface area (Å²) < 4.78 is 43.3.